The number of nitrogens with zero attached hydrogens (tertiary/aromatic N) is 2. The molecule has 0 atom stereocenters. The van der Waals surface area contributed by atoms with Crippen LogP contribution in [0, 0.1) is 5.82 Å². The van der Waals surface area contributed by atoms with E-state index in [-0.39, 0.29) is 17.5 Å². The lowest BCUT2D eigenvalue weighted by molar-refractivity contribution is 0.0596. The van der Waals surface area contributed by atoms with E-state index < -0.39 is 11.8 Å². The van der Waals surface area contributed by atoms with Gasteiger partial charge in [-0.25, -0.2) is 9.18 Å². The second-order valence-electron chi connectivity index (χ2n) is 5.76. The van der Waals surface area contributed by atoms with Crippen molar-refractivity contribution >= 4 is 11.7 Å². The molecule has 6 nitrogen and oxygen atoms in total. The third-order valence-corrected chi connectivity index (χ3v) is 2.94. The second-order valence-corrected chi connectivity index (χ2v) is 5.76. The Morgan fingerprint density at radius 2 is 2.09 bits per heavy atom. The number of rotatable bonds is 4. The van der Waals surface area contributed by atoms with Crippen molar-refractivity contribution in [3.63, 3.8) is 0 Å². The van der Waals surface area contributed by atoms with Crippen molar-refractivity contribution < 1.29 is 18.3 Å². The van der Waals surface area contributed by atoms with Gasteiger partial charge >= 0.3 is 5.97 Å². The first kappa shape index (κ1) is 15.9. The molecule has 0 aliphatic heterocycles. The van der Waals surface area contributed by atoms with Crippen LogP contribution in [0.3, 0.4) is 0 Å². The van der Waals surface area contributed by atoms with Gasteiger partial charge in [0.1, 0.15) is 11.4 Å². The van der Waals surface area contributed by atoms with E-state index in [2.05, 4.69) is 20.3 Å². The maximum Gasteiger partial charge on any atom is 0.342 e. The summed E-state index contributed by atoms with van der Waals surface area (Å²) < 4.78 is 23.9. The molecule has 22 heavy (non-hydrogen) atoms. The van der Waals surface area contributed by atoms with Gasteiger partial charge in [-0.15, -0.1) is 10.2 Å². The van der Waals surface area contributed by atoms with E-state index in [4.69, 9.17) is 4.42 Å². The summed E-state index contributed by atoms with van der Waals surface area (Å²) in [6.45, 7) is 6.05. The Bertz CT molecular complexity index is 677. The van der Waals surface area contributed by atoms with E-state index in [9.17, 15) is 9.18 Å². The summed E-state index contributed by atoms with van der Waals surface area (Å²) in [5.41, 5.74) is -0.0932. The quantitative estimate of drug-likeness (QED) is 0.875. The fourth-order valence-corrected chi connectivity index (χ4v) is 1.78. The Balaban J connectivity index is 2.17. The molecule has 118 valence electrons. The maximum atomic E-state index is 13.8. The van der Waals surface area contributed by atoms with Gasteiger partial charge in [0.05, 0.1) is 19.3 Å². The SMILES string of the molecule is COC(=O)c1c(F)cccc1NCc1nnc(C(C)(C)C)o1. The lowest BCUT2D eigenvalue weighted by atomic mass is 9.97. The molecule has 1 aromatic carbocycles. The Hall–Kier alpha value is -2.44. The zero-order chi connectivity index (χ0) is 16.3. The highest BCUT2D eigenvalue weighted by atomic mass is 19.1. The summed E-state index contributed by atoms with van der Waals surface area (Å²) in [6.07, 6.45) is 0. The zero-order valence-corrected chi connectivity index (χ0v) is 12.9. The number of carbonyl (C=O) groups excluding carboxylic acids is 1. The van der Waals surface area contributed by atoms with E-state index in [0.29, 0.717) is 17.5 Å². The Labute approximate surface area is 127 Å². The summed E-state index contributed by atoms with van der Waals surface area (Å²) in [6, 6.07) is 4.27. The van der Waals surface area contributed by atoms with Crippen LogP contribution in [0.1, 0.15) is 42.9 Å². The first-order chi connectivity index (χ1) is 10.3. The maximum absolute atomic E-state index is 13.8. The molecule has 0 saturated heterocycles. The molecule has 0 unspecified atom stereocenters. The number of anilines is 1. The normalized spacial score (nSPS) is 11.3. The number of hydrogen-bond acceptors (Lipinski definition) is 6. The van der Waals surface area contributed by atoms with E-state index in [1.165, 1.54) is 19.2 Å². The van der Waals surface area contributed by atoms with Crippen LogP contribution in [-0.2, 0) is 16.7 Å². The largest absolute Gasteiger partial charge is 0.465 e. The van der Waals surface area contributed by atoms with Crippen LogP contribution in [0.4, 0.5) is 10.1 Å². The highest BCUT2D eigenvalue weighted by Gasteiger charge is 2.22. The van der Waals surface area contributed by atoms with E-state index >= 15 is 0 Å². The van der Waals surface area contributed by atoms with E-state index in [1.54, 1.807) is 6.07 Å². The molecule has 0 fully saturated rings. The van der Waals surface area contributed by atoms with Gasteiger partial charge < -0.3 is 14.5 Å². The molecule has 0 radical (unpaired) electrons. The molecule has 0 saturated carbocycles. The molecule has 0 aliphatic rings. The topological polar surface area (TPSA) is 77.2 Å². The monoisotopic (exact) mass is 307 g/mol. The number of nitrogens with one attached hydrogen (secondary N) is 1. The van der Waals surface area contributed by atoms with Crippen molar-refractivity contribution in [2.75, 3.05) is 12.4 Å². The number of benzene rings is 1. The number of ether oxygens (including phenoxy) is 1. The van der Waals surface area contributed by atoms with Crippen molar-refractivity contribution in [1.29, 1.82) is 0 Å². The second kappa shape index (κ2) is 6.13. The van der Waals surface area contributed by atoms with Crippen LogP contribution in [-0.4, -0.2) is 23.3 Å². The number of esters is 1. The van der Waals surface area contributed by atoms with Crippen LogP contribution in [0.15, 0.2) is 22.6 Å². The van der Waals surface area contributed by atoms with Gasteiger partial charge in [0.15, 0.2) is 0 Å². The van der Waals surface area contributed by atoms with Crippen molar-refractivity contribution in [3.05, 3.63) is 41.4 Å². The smallest absolute Gasteiger partial charge is 0.342 e. The first-order valence-electron chi connectivity index (χ1n) is 6.76. The fraction of sp³-hybridized carbons (Fsp3) is 0.400. The first-order valence-corrected chi connectivity index (χ1v) is 6.76. The lowest BCUT2D eigenvalue weighted by Gasteiger charge is -2.11. The Kier molecular flexibility index (Phi) is 4.44. The Morgan fingerprint density at radius 3 is 2.68 bits per heavy atom. The highest BCUT2D eigenvalue weighted by molar-refractivity contribution is 5.95. The number of carbonyl (C=O) groups is 1. The van der Waals surface area contributed by atoms with Gasteiger partial charge in [0.25, 0.3) is 0 Å². The number of hydrogen-bond donors (Lipinski definition) is 1. The van der Waals surface area contributed by atoms with Crippen LogP contribution in [0.5, 0.6) is 0 Å². The molecule has 2 aromatic rings. The highest BCUT2D eigenvalue weighted by Crippen LogP contribution is 2.22. The molecule has 2 rings (SSSR count). The van der Waals surface area contributed by atoms with Gasteiger partial charge in [-0.1, -0.05) is 26.8 Å². The summed E-state index contributed by atoms with van der Waals surface area (Å²) in [4.78, 5) is 11.6. The zero-order valence-electron chi connectivity index (χ0n) is 12.9. The molecule has 0 spiro atoms. The molecule has 1 heterocycles. The van der Waals surface area contributed by atoms with Gasteiger partial charge in [-0.3, -0.25) is 0 Å². The van der Waals surface area contributed by atoms with Gasteiger partial charge in [0.2, 0.25) is 11.8 Å². The molecule has 1 N–H and O–H groups in total. The summed E-state index contributed by atoms with van der Waals surface area (Å²) >= 11 is 0. The average Bonchev–Trinajstić information content (AvgIpc) is 2.93. The predicted octanol–water partition coefficient (Wildman–Crippen LogP) is 2.90. The standard InChI is InChI=1S/C15H18FN3O3/c1-15(2,3)14-19-18-11(22-14)8-17-10-7-5-6-9(16)12(10)13(20)21-4/h5-7,17H,8H2,1-4H3. The van der Waals surface area contributed by atoms with Gasteiger partial charge in [-0.05, 0) is 12.1 Å². The lowest BCUT2D eigenvalue weighted by Crippen LogP contribution is -2.11. The third kappa shape index (κ3) is 3.41. The van der Waals surface area contributed by atoms with E-state index in [1.807, 2.05) is 20.8 Å². The Morgan fingerprint density at radius 1 is 1.36 bits per heavy atom. The molecule has 7 heteroatoms. The number of aromatic nitrogens is 2. The molecule has 1 aromatic heterocycles. The molecular weight excluding hydrogens is 289 g/mol. The van der Waals surface area contributed by atoms with Crippen molar-refractivity contribution in [2.45, 2.75) is 32.7 Å². The molecule has 0 bridgehead atoms. The fourth-order valence-electron chi connectivity index (χ4n) is 1.78. The minimum atomic E-state index is -0.749. The van der Waals surface area contributed by atoms with Crippen molar-refractivity contribution in [1.82, 2.24) is 10.2 Å². The van der Waals surface area contributed by atoms with Crippen LogP contribution in [0.2, 0.25) is 0 Å². The van der Waals surface area contributed by atoms with Gasteiger partial charge in [0, 0.05) is 5.41 Å². The number of methoxy groups -OCH3 is 1. The van der Waals surface area contributed by atoms with Crippen LogP contribution in [0.25, 0.3) is 0 Å². The average molecular weight is 307 g/mol. The summed E-state index contributed by atoms with van der Waals surface area (Å²) in [5, 5.41) is 10.8. The predicted molar refractivity (Wildman–Crippen MR) is 78.1 cm³/mol. The molecular formula is C15H18FN3O3. The molecule has 0 amide bonds. The summed E-state index contributed by atoms with van der Waals surface area (Å²) in [7, 11) is 1.20. The molecule has 0 aliphatic carbocycles. The van der Waals surface area contributed by atoms with Crippen molar-refractivity contribution in [2.24, 2.45) is 0 Å². The number of halogens is 1. The van der Waals surface area contributed by atoms with E-state index in [0.717, 1.165) is 0 Å². The van der Waals surface area contributed by atoms with Crippen molar-refractivity contribution in [3.8, 4) is 0 Å². The third-order valence-electron chi connectivity index (χ3n) is 2.94. The van der Waals surface area contributed by atoms with Crippen LogP contribution >= 0.6 is 0 Å². The minimum absolute atomic E-state index is 0.152. The summed E-state index contributed by atoms with van der Waals surface area (Å²) in [5.74, 6) is -0.541. The van der Waals surface area contributed by atoms with Crippen LogP contribution < -0.4 is 5.32 Å². The van der Waals surface area contributed by atoms with Gasteiger partial charge in [-0.2, -0.15) is 0 Å². The minimum Gasteiger partial charge on any atom is -0.465 e.